The van der Waals surface area contributed by atoms with Crippen molar-refractivity contribution in [1.82, 2.24) is 5.32 Å². The van der Waals surface area contributed by atoms with Gasteiger partial charge < -0.3 is 10.1 Å². The monoisotopic (exact) mass is 293 g/mol. The van der Waals surface area contributed by atoms with Gasteiger partial charge in [-0.2, -0.15) is 6.41 Å². The van der Waals surface area contributed by atoms with Crippen LogP contribution in [0.15, 0.2) is 0 Å². The van der Waals surface area contributed by atoms with Gasteiger partial charge in [0.05, 0.1) is 0 Å². The summed E-state index contributed by atoms with van der Waals surface area (Å²) in [4.78, 5) is 9.44. The van der Waals surface area contributed by atoms with Crippen molar-refractivity contribution in [3.05, 3.63) is 0 Å². The summed E-state index contributed by atoms with van der Waals surface area (Å²) in [6.07, 6.45) is 3.77. The van der Waals surface area contributed by atoms with Gasteiger partial charge in [-0.15, -0.1) is 0 Å². The molecule has 0 aliphatic carbocycles. The molecule has 0 aliphatic heterocycles. The van der Waals surface area contributed by atoms with E-state index in [2.05, 4.69) is 12.2 Å². The Balaban J connectivity index is 0. The maximum atomic E-state index is 9.44. The molecule has 0 bridgehead atoms. The topological polar surface area (TPSA) is 29.1 Å². The molecule has 0 atom stereocenters. The second kappa shape index (κ2) is 10.2. The van der Waals surface area contributed by atoms with Gasteiger partial charge in [-0.25, -0.2) is 0 Å². The first kappa shape index (κ1) is 11.0. The molecule has 0 unspecified atom stereocenters. The summed E-state index contributed by atoms with van der Waals surface area (Å²) in [7, 11) is 0. The molecule has 8 heavy (non-hydrogen) atoms. The number of unbranched alkanes of at least 4 members (excludes halogenated alkanes) is 1. The molecule has 0 heterocycles. The second-order valence-electron chi connectivity index (χ2n) is 1.38. The van der Waals surface area contributed by atoms with E-state index in [9.17, 15) is 4.79 Å². The Bertz CT molecular complexity index is 49.7. The smallest absolute Gasteiger partial charge is 0 e. The van der Waals surface area contributed by atoms with E-state index in [4.69, 9.17) is 0 Å². The SMILES string of the molecule is CCCCN[C-]=O.[Ir]. The van der Waals surface area contributed by atoms with E-state index in [1.807, 2.05) is 0 Å². The van der Waals surface area contributed by atoms with E-state index in [1.54, 1.807) is 6.41 Å². The van der Waals surface area contributed by atoms with Gasteiger partial charge in [0.15, 0.2) is 0 Å². The van der Waals surface area contributed by atoms with E-state index < -0.39 is 0 Å². The van der Waals surface area contributed by atoms with Crippen LogP contribution in [0.25, 0.3) is 0 Å². The zero-order valence-corrected chi connectivity index (χ0v) is 7.26. The predicted molar refractivity (Wildman–Crippen MR) is 28.6 cm³/mol. The minimum Gasteiger partial charge on any atom is -0.530 e. The minimum absolute atomic E-state index is 0. The van der Waals surface area contributed by atoms with Crippen LogP contribution in [0.1, 0.15) is 19.8 Å². The van der Waals surface area contributed by atoms with Gasteiger partial charge in [-0.1, -0.05) is 13.3 Å². The zero-order chi connectivity index (χ0) is 5.54. The molecule has 1 amide bonds. The third kappa shape index (κ3) is 9.45. The Hall–Kier alpha value is 0.119. The summed E-state index contributed by atoms with van der Waals surface area (Å²) < 4.78 is 0. The van der Waals surface area contributed by atoms with Gasteiger partial charge in [0.25, 0.3) is 0 Å². The van der Waals surface area contributed by atoms with Crippen molar-refractivity contribution in [1.29, 1.82) is 0 Å². The van der Waals surface area contributed by atoms with Crippen molar-refractivity contribution in [3.8, 4) is 0 Å². The predicted octanol–water partition coefficient (Wildman–Crippen LogP) is 0.441. The molecule has 2 nitrogen and oxygen atoms in total. The molecule has 0 saturated heterocycles. The maximum Gasteiger partial charge on any atom is 0 e. The normalized spacial score (nSPS) is 7.12. The summed E-state index contributed by atoms with van der Waals surface area (Å²) in [6, 6.07) is 0. The third-order valence-corrected chi connectivity index (χ3v) is 0.727. The van der Waals surface area contributed by atoms with Gasteiger partial charge in [-0.3, -0.25) is 0 Å². The Morgan fingerprint density at radius 2 is 2.25 bits per heavy atom. The molecular weight excluding hydrogens is 282 g/mol. The van der Waals surface area contributed by atoms with E-state index in [-0.39, 0.29) is 20.1 Å². The van der Waals surface area contributed by atoms with Crippen molar-refractivity contribution >= 4 is 6.41 Å². The quantitative estimate of drug-likeness (QED) is 0.455. The fourth-order valence-electron chi connectivity index (χ4n) is 0.316. The van der Waals surface area contributed by atoms with Gasteiger partial charge in [0.1, 0.15) is 0 Å². The van der Waals surface area contributed by atoms with E-state index in [0.29, 0.717) is 0 Å². The number of hydrogen-bond acceptors (Lipinski definition) is 1. The largest absolute Gasteiger partial charge is 0.530 e. The third-order valence-electron chi connectivity index (χ3n) is 0.727. The Labute approximate surface area is 63.4 Å². The van der Waals surface area contributed by atoms with Crippen LogP contribution in [-0.4, -0.2) is 13.0 Å². The molecule has 0 spiro atoms. The first-order chi connectivity index (χ1) is 3.41. The van der Waals surface area contributed by atoms with Gasteiger partial charge >= 0.3 is 0 Å². The summed E-state index contributed by atoms with van der Waals surface area (Å²) in [6.45, 7) is 2.84. The zero-order valence-electron chi connectivity index (χ0n) is 4.86. The molecule has 0 aliphatic rings. The molecular formula is C5H10IrNO-. The van der Waals surface area contributed by atoms with E-state index >= 15 is 0 Å². The fourth-order valence-corrected chi connectivity index (χ4v) is 0.316. The van der Waals surface area contributed by atoms with Crippen LogP contribution in [0.4, 0.5) is 0 Å². The van der Waals surface area contributed by atoms with Crippen molar-refractivity contribution < 1.29 is 24.9 Å². The average Bonchev–Trinajstić information content (AvgIpc) is 1.69. The van der Waals surface area contributed by atoms with Gasteiger partial charge in [0.2, 0.25) is 0 Å². The van der Waals surface area contributed by atoms with Crippen LogP contribution < -0.4 is 5.32 Å². The van der Waals surface area contributed by atoms with E-state index in [0.717, 1.165) is 19.4 Å². The molecule has 0 saturated carbocycles. The number of rotatable bonds is 4. The first-order valence-electron chi connectivity index (χ1n) is 2.51. The Morgan fingerprint density at radius 3 is 2.62 bits per heavy atom. The summed E-state index contributed by atoms with van der Waals surface area (Å²) >= 11 is 0. The number of nitrogens with one attached hydrogen (secondary N) is 1. The summed E-state index contributed by atoms with van der Waals surface area (Å²) in [5.74, 6) is 0. The molecule has 0 rings (SSSR count). The van der Waals surface area contributed by atoms with Crippen molar-refractivity contribution in [2.45, 2.75) is 19.8 Å². The molecule has 3 heteroatoms. The first-order valence-corrected chi connectivity index (χ1v) is 2.51. The van der Waals surface area contributed by atoms with Crippen LogP contribution in [0.2, 0.25) is 0 Å². The van der Waals surface area contributed by atoms with E-state index in [1.165, 1.54) is 0 Å². The van der Waals surface area contributed by atoms with Gasteiger partial charge in [-0.05, 0) is 13.0 Å². The van der Waals surface area contributed by atoms with Crippen LogP contribution >= 0.6 is 0 Å². The molecule has 0 aromatic heterocycles. The van der Waals surface area contributed by atoms with Crippen molar-refractivity contribution in [3.63, 3.8) is 0 Å². The minimum atomic E-state index is 0. The average molecular weight is 292 g/mol. The van der Waals surface area contributed by atoms with Crippen LogP contribution in [-0.2, 0) is 24.9 Å². The summed E-state index contributed by atoms with van der Waals surface area (Å²) in [5.41, 5.74) is 0. The van der Waals surface area contributed by atoms with Gasteiger partial charge in [0, 0.05) is 20.1 Å². The van der Waals surface area contributed by atoms with Crippen LogP contribution in [0, 0.1) is 0 Å². The fraction of sp³-hybridized carbons (Fsp3) is 0.800. The molecule has 1 N–H and O–H groups in total. The van der Waals surface area contributed by atoms with Crippen molar-refractivity contribution in [2.75, 3.05) is 6.54 Å². The molecule has 1 radical (unpaired) electrons. The molecule has 0 fully saturated rings. The molecule has 51 valence electrons. The number of amides is 1. The Kier molecular flexibility index (Phi) is 14.0. The standard InChI is InChI=1S/C5H10NO.Ir/c1-2-3-4-6-5-7;/h2-4H2,1H3,(H,6,7);/q-1;. The second-order valence-corrected chi connectivity index (χ2v) is 1.38. The van der Waals surface area contributed by atoms with Crippen LogP contribution in [0.5, 0.6) is 0 Å². The Morgan fingerprint density at radius 1 is 1.62 bits per heavy atom. The van der Waals surface area contributed by atoms with Crippen molar-refractivity contribution in [2.24, 2.45) is 0 Å². The van der Waals surface area contributed by atoms with Crippen LogP contribution in [0.3, 0.4) is 0 Å². The molecule has 0 aromatic carbocycles. The number of carbonyl (C=O) groups excluding carboxylic acids is 1. The summed E-state index contributed by atoms with van der Waals surface area (Å²) in [5, 5.41) is 2.44. The number of hydrogen-bond donors (Lipinski definition) is 1. The molecule has 0 aromatic rings. The maximum absolute atomic E-state index is 9.44.